The van der Waals surface area contributed by atoms with Gasteiger partial charge in [0.25, 0.3) is 0 Å². The molecule has 1 aliphatic rings. The molecule has 0 saturated heterocycles. The van der Waals surface area contributed by atoms with Gasteiger partial charge in [0.15, 0.2) is 0 Å². The van der Waals surface area contributed by atoms with Crippen molar-refractivity contribution in [2.75, 3.05) is 32.2 Å². The predicted octanol–water partition coefficient (Wildman–Crippen LogP) is 2.05. The minimum atomic E-state index is 0.577. The van der Waals surface area contributed by atoms with Gasteiger partial charge in [0.1, 0.15) is 5.82 Å². The molecule has 1 aromatic rings. The van der Waals surface area contributed by atoms with Crippen molar-refractivity contribution in [3.05, 3.63) is 23.9 Å². The van der Waals surface area contributed by atoms with Gasteiger partial charge in [-0.05, 0) is 31.7 Å². The number of nitrogens with one attached hydrogen (secondary N) is 1. The lowest BCUT2D eigenvalue weighted by atomic mass is 10.1. The van der Waals surface area contributed by atoms with Gasteiger partial charge < -0.3 is 15.0 Å². The van der Waals surface area contributed by atoms with Gasteiger partial charge in [-0.2, -0.15) is 0 Å². The lowest BCUT2D eigenvalue weighted by Gasteiger charge is -2.28. The number of nitrogens with zero attached hydrogens (tertiary/aromatic N) is 2. The van der Waals surface area contributed by atoms with Crippen LogP contribution in [0.25, 0.3) is 0 Å². The van der Waals surface area contributed by atoms with E-state index in [9.17, 15) is 0 Å². The summed E-state index contributed by atoms with van der Waals surface area (Å²) < 4.78 is 5.05. The van der Waals surface area contributed by atoms with Crippen LogP contribution >= 0.6 is 0 Å². The number of aromatic nitrogens is 1. The van der Waals surface area contributed by atoms with Crippen molar-refractivity contribution >= 4 is 5.82 Å². The van der Waals surface area contributed by atoms with Crippen LogP contribution in [0.5, 0.6) is 0 Å². The van der Waals surface area contributed by atoms with E-state index in [1.165, 1.54) is 18.4 Å². The topological polar surface area (TPSA) is 37.4 Å². The first-order valence-electron chi connectivity index (χ1n) is 7.10. The van der Waals surface area contributed by atoms with Gasteiger partial charge in [0.05, 0.1) is 6.61 Å². The van der Waals surface area contributed by atoms with Crippen LogP contribution in [0.2, 0.25) is 0 Å². The highest BCUT2D eigenvalue weighted by Crippen LogP contribution is 2.36. The van der Waals surface area contributed by atoms with Gasteiger partial charge in [0, 0.05) is 45.0 Å². The molecule has 1 atom stereocenters. The number of ether oxygens (including phenoxy) is 1. The highest BCUT2D eigenvalue weighted by atomic mass is 16.5. The first-order chi connectivity index (χ1) is 9.24. The third kappa shape index (κ3) is 3.91. The van der Waals surface area contributed by atoms with E-state index in [1.807, 2.05) is 12.3 Å². The first kappa shape index (κ1) is 14.3. The maximum absolute atomic E-state index is 5.05. The molecule has 0 amide bonds. The van der Waals surface area contributed by atoms with E-state index in [0.29, 0.717) is 6.04 Å². The summed E-state index contributed by atoms with van der Waals surface area (Å²) >= 11 is 0. The molecule has 1 aromatic heterocycles. The molecule has 1 aliphatic carbocycles. The average Bonchev–Trinajstić information content (AvgIpc) is 3.27. The number of methoxy groups -OCH3 is 1. The molecule has 1 unspecified atom stereocenters. The van der Waals surface area contributed by atoms with E-state index in [1.54, 1.807) is 7.11 Å². The van der Waals surface area contributed by atoms with Crippen molar-refractivity contribution in [3.8, 4) is 0 Å². The molecule has 1 heterocycles. The zero-order chi connectivity index (χ0) is 13.7. The van der Waals surface area contributed by atoms with Crippen LogP contribution in [0, 0.1) is 5.92 Å². The Morgan fingerprint density at radius 1 is 1.53 bits per heavy atom. The van der Waals surface area contributed by atoms with Gasteiger partial charge >= 0.3 is 0 Å². The summed E-state index contributed by atoms with van der Waals surface area (Å²) in [6, 6.07) is 4.73. The molecule has 0 spiro atoms. The maximum atomic E-state index is 5.05. The third-order valence-electron chi connectivity index (χ3n) is 3.92. The van der Waals surface area contributed by atoms with Gasteiger partial charge in [-0.25, -0.2) is 4.98 Å². The van der Waals surface area contributed by atoms with Crippen molar-refractivity contribution in [1.82, 2.24) is 10.3 Å². The second kappa shape index (κ2) is 6.87. The number of rotatable bonds is 8. The number of hydrogen-bond donors (Lipinski definition) is 1. The van der Waals surface area contributed by atoms with Crippen molar-refractivity contribution in [2.45, 2.75) is 32.4 Å². The van der Waals surface area contributed by atoms with E-state index in [2.05, 4.69) is 35.2 Å². The fraction of sp³-hybridized carbons (Fsp3) is 0.667. The van der Waals surface area contributed by atoms with Crippen molar-refractivity contribution < 1.29 is 4.74 Å². The molecular formula is C15H25N3O. The Morgan fingerprint density at radius 2 is 2.32 bits per heavy atom. The second-order valence-electron chi connectivity index (χ2n) is 5.34. The monoisotopic (exact) mass is 263 g/mol. The number of hydrogen-bond acceptors (Lipinski definition) is 4. The van der Waals surface area contributed by atoms with Crippen LogP contribution in [0.15, 0.2) is 18.3 Å². The Bertz CT molecular complexity index is 393. The second-order valence-corrected chi connectivity index (χ2v) is 5.34. The van der Waals surface area contributed by atoms with Crippen LogP contribution in [-0.4, -0.2) is 38.3 Å². The first-order valence-corrected chi connectivity index (χ1v) is 7.10. The summed E-state index contributed by atoms with van der Waals surface area (Å²) in [7, 11) is 3.88. The predicted molar refractivity (Wildman–Crippen MR) is 78.4 cm³/mol. The molecule has 19 heavy (non-hydrogen) atoms. The quantitative estimate of drug-likeness (QED) is 0.728. The van der Waals surface area contributed by atoms with Crippen LogP contribution < -0.4 is 10.2 Å². The fourth-order valence-electron chi connectivity index (χ4n) is 2.37. The highest BCUT2D eigenvalue weighted by molar-refractivity contribution is 5.47. The lowest BCUT2D eigenvalue weighted by Crippen LogP contribution is -2.32. The molecule has 1 saturated carbocycles. The zero-order valence-corrected chi connectivity index (χ0v) is 12.2. The normalized spacial score (nSPS) is 16.4. The Labute approximate surface area is 116 Å². The van der Waals surface area contributed by atoms with Gasteiger partial charge in [-0.1, -0.05) is 6.07 Å². The van der Waals surface area contributed by atoms with E-state index in [0.717, 1.165) is 31.4 Å². The number of anilines is 1. The minimum Gasteiger partial charge on any atom is -0.383 e. The molecule has 106 valence electrons. The molecule has 2 rings (SSSR count). The van der Waals surface area contributed by atoms with Crippen LogP contribution in [-0.2, 0) is 11.3 Å². The molecule has 0 aliphatic heterocycles. The molecule has 4 nitrogen and oxygen atoms in total. The maximum Gasteiger partial charge on any atom is 0.132 e. The Morgan fingerprint density at radius 3 is 3.00 bits per heavy atom. The summed E-state index contributed by atoms with van der Waals surface area (Å²) in [6.45, 7) is 4.75. The van der Waals surface area contributed by atoms with Crippen molar-refractivity contribution in [1.29, 1.82) is 0 Å². The van der Waals surface area contributed by atoms with Crippen LogP contribution in [0.3, 0.4) is 0 Å². The summed E-state index contributed by atoms with van der Waals surface area (Å²) in [5, 5.41) is 3.39. The molecular weight excluding hydrogens is 238 g/mol. The summed E-state index contributed by atoms with van der Waals surface area (Å²) in [4.78, 5) is 6.89. The van der Waals surface area contributed by atoms with Gasteiger partial charge in [0.2, 0.25) is 0 Å². The Kier molecular flexibility index (Phi) is 5.16. The van der Waals surface area contributed by atoms with Crippen molar-refractivity contribution in [2.24, 2.45) is 5.92 Å². The van der Waals surface area contributed by atoms with Crippen molar-refractivity contribution in [3.63, 3.8) is 0 Å². The van der Waals surface area contributed by atoms with Crippen LogP contribution in [0.4, 0.5) is 5.82 Å². The molecule has 0 aromatic carbocycles. The summed E-state index contributed by atoms with van der Waals surface area (Å²) in [6.07, 6.45) is 4.60. The number of pyridine rings is 1. The van der Waals surface area contributed by atoms with Gasteiger partial charge in [-0.3, -0.25) is 0 Å². The van der Waals surface area contributed by atoms with Crippen LogP contribution in [0.1, 0.15) is 25.3 Å². The van der Waals surface area contributed by atoms with E-state index >= 15 is 0 Å². The SMILES string of the molecule is COCCNCc1cccnc1N(C)C(C)C1CC1. The van der Waals surface area contributed by atoms with E-state index < -0.39 is 0 Å². The average molecular weight is 263 g/mol. The van der Waals surface area contributed by atoms with E-state index in [4.69, 9.17) is 4.74 Å². The molecule has 4 heteroatoms. The van der Waals surface area contributed by atoms with Gasteiger partial charge in [-0.15, -0.1) is 0 Å². The molecule has 1 N–H and O–H groups in total. The molecule has 0 bridgehead atoms. The smallest absolute Gasteiger partial charge is 0.132 e. The summed E-state index contributed by atoms with van der Waals surface area (Å²) in [5.74, 6) is 1.95. The molecule has 0 radical (unpaired) electrons. The molecule has 1 fully saturated rings. The Hall–Kier alpha value is -1.13. The summed E-state index contributed by atoms with van der Waals surface area (Å²) in [5.41, 5.74) is 1.26. The lowest BCUT2D eigenvalue weighted by molar-refractivity contribution is 0.199. The zero-order valence-electron chi connectivity index (χ0n) is 12.2. The Balaban J connectivity index is 1.98. The third-order valence-corrected chi connectivity index (χ3v) is 3.92. The van der Waals surface area contributed by atoms with E-state index in [-0.39, 0.29) is 0 Å². The standard InChI is InChI=1S/C15H25N3O/c1-12(13-6-7-13)18(2)15-14(5-4-8-17-15)11-16-9-10-19-3/h4-5,8,12-13,16H,6-7,9-11H2,1-3H3. The largest absolute Gasteiger partial charge is 0.383 e. The fourth-order valence-corrected chi connectivity index (χ4v) is 2.37. The minimum absolute atomic E-state index is 0.577. The highest BCUT2D eigenvalue weighted by Gasteiger charge is 2.31.